The number of rotatable bonds is 6. The Labute approximate surface area is 153 Å². The van der Waals surface area contributed by atoms with E-state index in [-0.39, 0.29) is 0 Å². The number of nitrogens with zero attached hydrogens (tertiary/aromatic N) is 3. The zero-order chi connectivity index (χ0) is 17.9. The third kappa shape index (κ3) is 3.66. The summed E-state index contributed by atoms with van der Waals surface area (Å²) in [6.45, 7) is 8.35. The van der Waals surface area contributed by atoms with Crippen molar-refractivity contribution in [2.24, 2.45) is 0 Å². The normalized spacial score (nSPS) is 21.5. The van der Waals surface area contributed by atoms with Gasteiger partial charge in [-0.05, 0) is 45.4 Å². The summed E-state index contributed by atoms with van der Waals surface area (Å²) >= 11 is 0. The minimum absolute atomic E-state index is 0.333. The summed E-state index contributed by atoms with van der Waals surface area (Å²) in [5.74, 6) is 0.778. The van der Waals surface area contributed by atoms with Crippen molar-refractivity contribution >= 4 is 27.9 Å². The molecule has 26 heavy (non-hydrogen) atoms. The molecule has 0 unspecified atom stereocenters. The second-order valence-electron chi connectivity index (χ2n) is 7.15. The van der Waals surface area contributed by atoms with Crippen molar-refractivity contribution in [1.29, 1.82) is 0 Å². The van der Waals surface area contributed by atoms with Crippen LogP contribution in [0.15, 0.2) is 35.0 Å². The van der Waals surface area contributed by atoms with Gasteiger partial charge < -0.3 is 14.5 Å². The van der Waals surface area contributed by atoms with Crippen molar-refractivity contribution in [1.82, 2.24) is 14.9 Å². The number of hydrogen-bond acceptors (Lipinski definition) is 6. The van der Waals surface area contributed by atoms with Gasteiger partial charge in [-0.25, -0.2) is 9.97 Å². The molecule has 0 bridgehead atoms. The van der Waals surface area contributed by atoms with Gasteiger partial charge in [0, 0.05) is 25.0 Å². The zero-order valence-corrected chi connectivity index (χ0v) is 15.4. The van der Waals surface area contributed by atoms with Crippen molar-refractivity contribution < 1.29 is 9.15 Å². The van der Waals surface area contributed by atoms with Crippen molar-refractivity contribution in [2.75, 3.05) is 31.5 Å². The second-order valence-corrected chi connectivity index (χ2v) is 7.15. The maximum Gasteiger partial charge on any atom is 0.196 e. The number of furan rings is 1. The van der Waals surface area contributed by atoms with Crippen LogP contribution >= 0.6 is 0 Å². The molecule has 0 aliphatic carbocycles. The standard InChI is InChI=1S/C20H26N4O2/c1-14-11-24(12-15(2)25-14)10-6-5-9-21-20-19-18(22-13-23-20)16-7-3-4-8-17(16)26-19/h3-4,7-8,13-15H,5-6,9-12H2,1-2H3,(H,21,22,23)/t14-,15-/m0/s1. The Morgan fingerprint density at radius 3 is 2.77 bits per heavy atom. The molecule has 6 nitrogen and oxygen atoms in total. The summed E-state index contributed by atoms with van der Waals surface area (Å²) in [6.07, 6.45) is 4.51. The van der Waals surface area contributed by atoms with Crippen LogP contribution in [-0.2, 0) is 4.74 Å². The fourth-order valence-electron chi connectivity index (χ4n) is 3.78. The number of benzene rings is 1. The molecule has 3 heterocycles. The molecule has 0 amide bonds. The Morgan fingerprint density at radius 2 is 1.92 bits per heavy atom. The highest BCUT2D eigenvalue weighted by molar-refractivity contribution is 6.05. The van der Waals surface area contributed by atoms with Crippen LogP contribution in [-0.4, -0.2) is 53.3 Å². The lowest BCUT2D eigenvalue weighted by Crippen LogP contribution is -2.45. The summed E-state index contributed by atoms with van der Waals surface area (Å²) in [4.78, 5) is 11.3. The lowest BCUT2D eigenvalue weighted by Gasteiger charge is -2.35. The number of ether oxygens (including phenoxy) is 1. The number of unbranched alkanes of at least 4 members (excludes halogenated alkanes) is 1. The lowest BCUT2D eigenvalue weighted by atomic mass is 10.2. The minimum Gasteiger partial charge on any atom is -0.450 e. The summed E-state index contributed by atoms with van der Waals surface area (Å²) in [5.41, 5.74) is 2.46. The van der Waals surface area contributed by atoms with Crippen molar-refractivity contribution in [2.45, 2.75) is 38.9 Å². The SMILES string of the molecule is C[C@H]1CN(CCCCNc2ncnc3c2oc2ccccc23)C[C@H](C)O1. The fraction of sp³-hybridized carbons (Fsp3) is 0.500. The van der Waals surface area contributed by atoms with E-state index in [2.05, 4.69) is 34.0 Å². The van der Waals surface area contributed by atoms with Crippen LogP contribution in [0.1, 0.15) is 26.7 Å². The van der Waals surface area contributed by atoms with Gasteiger partial charge in [-0.15, -0.1) is 0 Å². The van der Waals surface area contributed by atoms with Crippen LogP contribution in [0.2, 0.25) is 0 Å². The van der Waals surface area contributed by atoms with E-state index in [1.165, 1.54) is 0 Å². The van der Waals surface area contributed by atoms with Gasteiger partial charge in [0.2, 0.25) is 0 Å². The predicted molar refractivity (Wildman–Crippen MR) is 103 cm³/mol. The van der Waals surface area contributed by atoms with Crippen molar-refractivity contribution in [3.05, 3.63) is 30.6 Å². The highest BCUT2D eigenvalue weighted by Gasteiger charge is 2.21. The predicted octanol–water partition coefficient (Wildman–Crippen LogP) is 3.68. The molecule has 1 aromatic carbocycles. The molecular weight excluding hydrogens is 328 g/mol. The molecule has 0 radical (unpaired) electrons. The molecule has 1 N–H and O–H groups in total. The first-order chi connectivity index (χ1) is 12.7. The van der Waals surface area contributed by atoms with Gasteiger partial charge in [-0.3, -0.25) is 4.90 Å². The number of hydrogen-bond donors (Lipinski definition) is 1. The van der Waals surface area contributed by atoms with Crippen LogP contribution < -0.4 is 5.32 Å². The molecule has 1 aliphatic heterocycles. The largest absolute Gasteiger partial charge is 0.450 e. The molecule has 6 heteroatoms. The summed E-state index contributed by atoms with van der Waals surface area (Å²) in [5, 5.41) is 4.45. The molecule has 1 aliphatic rings. The topological polar surface area (TPSA) is 63.4 Å². The van der Waals surface area contributed by atoms with E-state index in [9.17, 15) is 0 Å². The molecule has 3 aromatic rings. The van der Waals surface area contributed by atoms with Crippen LogP contribution in [0.3, 0.4) is 0 Å². The molecule has 1 fully saturated rings. The number of morpholine rings is 1. The molecule has 0 saturated carbocycles. The first-order valence-corrected chi connectivity index (χ1v) is 9.44. The van der Waals surface area contributed by atoms with E-state index in [4.69, 9.17) is 9.15 Å². The first kappa shape index (κ1) is 17.2. The Morgan fingerprint density at radius 1 is 1.12 bits per heavy atom. The molecule has 1 saturated heterocycles. The number of aromatic nitrogens is 2. The molecule has 4 rings (SSSR count). The number of fused-ring (bicyclic) bond motifs is 3. The third-order valence-electron chi connectivity index (χ3n) is 4.85. The smallest absolute Gasteiger partial charge is 0.196 e. The first-order valence-electron chi connectivity index (χ1n) is 9.44. The Hall–Kier alpha value is -2.18. The highest BCUT2D eigenvalue weighted by atomic mass is 16.5. The van der Waals surface area contributed by atoms with Gasteiger partial charge in [0.25, 0.3) is 0 Å². The second kappa shape index (κ2) is 7.60. The van der Waals surface area contributed by atoms with Crippen LogP contribution in [0.5, 0.6) is 0 Å². The van der Waals surface area contributed by atoms with E-state index in [1.807, 2.05) is 24.3 Å². The number of anilines is 1. The van der Waals surface area contributed by atoms with E-state index >= 15 is 0 Å². The van der Waals surface area contributed by atoms with Gasteiger partial charge in [0.05, 0.1) is 12.2 Å². The van der Waals surface area contributed by atoms with Crippen molar-refractivity contribution in [3.8, 4) is 0 Å². The average Bonchev–Trinajstić information content (AvgIpc) is 3.00. The Bertz CT molecular complexity index is 869. The molecular formula is C20H26N4O2. The summed E-state index contributed by atoms with van der Waals surface area (Å²) < 4.78 is 11.7. The van der Waals surface area contributed by atoms with Gasteiger partial charge in [0.15, 0.2) is 11.4 Å². The molecule has 138 valence electrons. The molecule has 2 aromatic heterocycles. The number of para-hydroxylation sites is 1. The summed E-state index contributed by atoms with van der Waals surface area (Å²) in [6, 6.07) is 7.96. The monoisotopic (exact) mass is 354 g/mol. The number of nitrogens with one attached hydrogen (secondary N) is 1. The Kier molecular flexibility index (Phi) is 5.04. The maximum absolute atomic E-state index is 5.95. The zero-order valence-electron chi connectivity index (χ0n) is 15.4. The summed E-state index contributed by atoms with van der Waals surface area (Å²) in [7, 11) is 0. The third-order valence-corrected chi connectivity index (χ3v) is 4.85. The Balaban J connectivity index is 1.32. The van der Waals surface area contributed by atoms with Gasteiger partial charge in [-0.2, -0.15) is 0 Å². The fourth-order valence-corrected chi connectivity index (χ4v) is 3.78. The molecule has 0 spiro atoms. The van der Waals surface area contributed by atoms with E-state index in [1.54, 1.807) is 6.33 Å². The van der Waals surface area contributed by atoms with Crippen molar-refractivity contribution in [3.63, 3.8) is 0 Å². The van der Waals surface area contributed by atoms with E-state index in [0.717, 1.165) is 66.9 Å². The van der Waals surface area contributed by atoms with Gasteiger partial charge in [0.1, 0.15) is 17.4 Å². The maximum atomic E-state index is 5.95. The quantitative estimate of drug-likeness (QED) is 0.681. The van der Waals surface area contributed by atoms with E-state index in [0.29, 0.717) is 12.2 Å². The van der Waals surface area contributed by atoms with Gasteiger partial charge >= 0.3 is 0 Å². The molecule has 2 atom stereocenters. The van der Waals surface area contributed by atoms with E-state index < -0.39 is 0 Å². The van der Waals surface area contributed by atoms with Crippen LogP contribution in [0.25, 0.3) is 22.1 Å². The lowest BCUT2D eigenvalue weighted by molar-refractivity contribution is -0.0681. The average molecular weight is 354 g/mol. The van der Waals surface area contributed by atoms with Gasteiger partial charge in [-0.1, -0.05) is 12.1 Å². The van der Waals surface area contributed by atoms with Crippen LogP contribution in [0.4, 0.5) is 5.82 Å². The highest BCUT2D eigenvalue weighted by Crippen LogP contribution is 2.30. The van der Waals surface area contributed by atoms with Crippen LogP contribution in [0, 0.1) is 0 Å². The minimum atomic E-state index is 0.333.